The lowest BCUT2D eigenvalue weighted by molar-refractivity contribution is 0.0725. The van der Waals surface area contributed by atoms with Crippen LogP contribution in [-0.2, 0) is 9.84 Å². The normalized spacial score (nSPS) is 15.3. The molecule has 8 heteroatoms. The van der Waals surface area contributed by atoms with E-state index in [1.54, 1.807) is 27.9 Å². The Morgan fingerprint density at radius 1 is 1.03 bits per heavy atom. The Morgan fingerprint density at radius 3 is 2.30 bits per heavy atom. The second kappa shape index (κ2) is 8.24. The smallest absolute Gasteiger partial charge is 0.257 e. The van der Waals surface area contributed by atoms with Gasteiger partial charge in [-0.05, 0) is 56.2 Å². The van der Waals surface area contributed by atoms with Gasteiger partial charge in [0.05, 0.1) is 33.3 Å². The lowest BCUT2D eigenvalue weighted by Gasteiger charge is -2.31. The molecule has 2 aromatic carbocycles. The predicted octanol–water partition coefficient (Wildman–Crippen LogP) is 3.91. The largest absolute Gasteiger partial charge is 0.338 e. The first-order chi connectivity index (χ1) is 14.4. The van der Waals surface area contributed by atoms with Crippen molar-refractivity contribution in [1.29, 1.82) is 0 Å². The number of rotatable bonds is 4. The van der Waals surface area contributed by atoms with Crippen molar-refractivity contribution in [2.45, 2.75) is 29.9 Å². The molecule has 4 rings (SSSR count). The number of aromatic nitrogens is 2. The maximum atomic E-state index is 13.0. The molecule has 30 heavy (non-hydrogen) atoms. The van der Waals surface area contributed by atoms with Crippen molar-refractivity contribution in [3.05, 3.63) is 77.1 Å². The number of hydrogen-bond donors (Lipinski definition) is 0. The van der Waals surface area contributed by atoms with Gasteiger partial charge in [0, 0.05) is 18.1 Å². The molecule has 0 radical (unpaired) electrons. The van der Waals surface area contributed by atoms with E-state index in [-0.39, 0.29) is 10.8 Å². The fourth-order valence-electron chi connectivity index (χ4n) is 3.81. The summed E-state index contributed by atoms with van der Waals surface area (Å²) in [7, 11) is -3.45. The number of halogens is 1. The summed E-state index contributed by atoms with van der Waals surface area (Å²) < 4.78 is 27.5. The number of carbonyl (C=O) groups excluding carboxylic acids is 1. The summed E-state index contributed by atoms with van der Waals surface area (Å²) in [4.78, 5) is 15.0. The second-order valence-corrected chi connectivity index (χ2v) is 10.0. The van der Waals surface area contributed by atoms with Crippen molar-refractivity contribution in [1.82, 2.24) is 14.7 Å². The summed E-state index contributed by atoms with van der Waals surface area (Å²) in [6.45, 7) is 2.66. The highest BCUT2D eigenvalue weighted by atomic mass is 35.5. The molecule has 0 saturated carbocycles. The van der Waals surface area contributed by atoms with Gasteiger partial charge in [-0.1, -0.05) is 29.8 Å². The summed E-state index contributed by atoms with van der Waals surface area (Å²) in [6, 6.07) is 15.9. The number of para-hydroxylation sites is 1. The molecule has 0 unspecified atom stereocenters. The van der Waals surface area contributed by atoms with Gasteiger partial charge >= 0.3 is 0 Å². The summed E-state index contributed by atoms with van der Waals surface area (Å²) in [5.41, 5.74) is 2.20. The molecule has 1 saturated heterocycles. The van der Waals surface area contributed by atoms with E-state index in [9.17, 15) is 13.2 Å². The van der Waals surface area contributed by atoms with Crippen LogP contribution in [0.4, 0.5) is 0 Å². The first-order valence-corrected chi connectivity index (χ1v) is 11.7. The molecule has 3 aromatic rings. The highest BCUT2D eigenvalue weighted by Crippen LogP contribution is 2.27. The van der Waals surface area contributed by atoms with Gasteiger partial charge < -0.3 is 4.90 Å². The number of hydrogen-bond acceptors (Lipinski definition) is 4. The van der Waals surface area contributed by atoms with E-state index in [4.69, 9.17) is 11.6 Å². The van der Waals surface area contributed by atoms with Gasteiger partial charge in [0.25, 0.3) is 5.91 Å². The summed E-state index contributed by atoms with van der Waals surface area (Å²) in [6.07, 6.45) is 2.40. The highest BCUT2D eigenvalue weighted by Gasteiger charge is 2.33. The van der Waals surface area contributed by atoms with Crippen LogP contribution in [0.25, 0.3) is 5.69 Å². The van der Waals surface area contributed by atoms with Crippen molar-refractivity contribution in [3.8, 4) is 5.69 Å². The van der Waals surface area contributed by atoms with Crippen LogP contribution in [0.15, 0.2) is 65.7 Å². The molecular weight excluding hydrogens is 422 g/mol. The van der Waals surface area contributed by atoms with Crippen molar-refractivity contribution in [3.63, 3.8) is 0 Å². The number of benzene rings is 2. The van der Waals surface area contributed by atoms with Crippen LogP contribution in [0.2, 0.25) is 5.02 Å². The third-order valence-corrected chi connectivity index (χ3v) is 8.08. The van der Waals surface area contributed by atoms with Crippen LogP contribution < -0.4 is 0 Å². The van der Waals surface area contributed by atoms with Gasteiger partial charge in [-0.2, -0.15) is 5.10 Å². The lowest BCUT2D eigenvalue weighted by atomic mass is 10.1. The van der Waals surface area contributed by atoms with E-state index < -0.39 is 15.1 Å². The highest BCUT2D eigenvalue weighted by molar-refractivity contribution is 7.92. The van der Waals surface area contributed by atoms with Gasteiger partial charge in [0.1, 0.15) is 0 Å². The third-order valence-electron chi connectivity index (χ3n) is 5.55. The zero-order chi connectivity index (χ0) is 21.3. The Kier molecular flexibility index (Phi) is 5.66. The van der Waals surface area contributed by atoms with E-state index in [0.717, 1.165) is 11.4 Å². The molecule has 2 heterocycles. The minimum absolute atomic E-state index is 0.114. The Bertz CT molecular complexity index is 1150. The van der Waals surface area contributed by atoms with Crippen LogP contribution >= 0.6 is 11.6 Å². The van der Waals surface area contributed by atoms with E-state index >= 15 is 0 Å². The average Bonchev–Trinajstić information content (AvgIpc) is 3.15. The Hall–Kier alpha value is -2.64. The molecule has 1 fully saturated rings. The van der Waals surface area contributed by atoms with Gasteiger partial charge in [0.2, 0.25) is 0 Å². The molecule has 6 nitrogen and oxygen atoms in total. The third kappa shape index (κ3) is 3.87. The monoisotopic (exact) mass is 443 g/mol. The van der Waals surface area contributed by atoms with Crippen LogP contribution in [-0.4, -0.2) is 47.3 Å². The van der Waals surface area contributed by atoms with Gasteiger partial charge in [-0.15, -0.1) is 0 Å². The second-order valence-electron chi connectivity index (χ2n) is 7.38. The van der Waals surface area contributed by atoms with E-state index in [1.807, 2.05) is 37.3 Å². The summed E-state index contributed by atoms with van der Waals surface area (Å²) >= 11 is 5.87. The Labute approximate surface area is 181 Å². The molecule has 0 bridgehead atoms. The molecule has 0 spiro atoms. The van der Waals surface area contributed by atoms with Crippen LogP contribution in [0.3, 0.4) is 0 Å². The fourth-order valence-corrected chi connectivity index (χ4v) is 5.66. The van der Waals surface area contributed by atoms with E-state index in [0.29, 0.717) is 36.5 Å². The van der Waals surface area contributed by atoms with Crippen molar-refractivity contribution in [2.75, 3.05) is 13.1 Å². The molecular formula is C22H22ClN3O3S. The number of amides is 1. The maximum absolute atomic E-state index is 13.0. The summed E-state index contributed by atoms with van der Waals surface area (Å²) in [5.74, 6) is -0.114. The van der Waals surface area contributed by atoms with Gasteiger partial charge in [0.15, 0.2) is 9.84 Å². The maximum Gasteiger partial charge on any atom is 0.257 e. The van der Waals surface area contributed by atoms with Crippen molar-refractivity contribution in [2.24, 2.45) is 0 Å². The Morgan fingerprint density at radius 2 is 1.67 bits per heavy atom. The zero-order valence-electron chi connectivity index (χ0n) is 16.5. The van der Waals surface area contributed by atoms with Crippen molar-refractivity contribution < 1.29 is 13.2 Å². The standard InChI is InChI=1S/C22H22ClN3O3S/c1-16-21(15-24-26(16)18-5-3-2-4-6-18)22(27)25-13-11-20(12-14-25)30(28,29)19-9-7-17(23)8-10-19/h2-10,15,20H,11-14H2,1H3. The van der Waals surface area contributed by atoms with Crippen molar-refractivity contribution >= 4 is 27.3 Å². The summed E-state index contributed by atoms with van der Waals surface area (Å²) in [5, 5.41) is 4.36. The first-order valence-electron chi connectivity index (χ1n) is 9.76. The number of carbonyl (C=O) groups is 1. The Balaban J connectivity index is 1.46. The average molecular weight is 444 g/mol. The number of sulfone groups is 1. The molecule has 1 amide bonds. The molecule has 1 aromatic heterocycles. The first kappa shape index (κ1) is 20.6. The minimum atomic E-state index is -3.45. The van der Waals surface area contributed by atoms with Crippen LogP contribution in [0.5, 0.6) is 0 Å². The molecule has 0 N–H and O–H groups in total. The van der Waals surface area contributed by atoms with Gasteiger partial charge in [-0.3, -0.25) is 4.79 Å². The lowest BCUT2D eigenvalue weighted by Crippen LogP contribution is -2.42. The number of nitrogens with zero attached hydrogens (tertiary/aromatic N) is 3. The molecule has 0 atom stereocenters. The molecule has 156 valence electrons. The van der Waals surface area contributed by atoms with Gasteiger partial charge in [-0.25, -0.2) is 13.1 Å². The predicted molar refractivity (Wildman–Crippen MR) is 116 cm³/mol. The van der Waals surface area contributed by atoms with Crippen LogP contribution in [0, 0.1) is 6.92 Å². The topological polar surface area (TPSA) is 72.3 Å². The fraction of sp³-hybridized carbons (Fsp3) is 0.273. The SMILES string of the molecule is Cc1c(C(=O)N2CCC(S(=O)(=O)c3ccc(Cl)cc3)CC2)cnn1-c1ccccc1. The number of piperidine rings is 1. The van der Waals surface area contributed by atoms with E-state index in [1.165, 1.54) is 12.1 Å². The molecule has 1 aliphatic rings. The number of likely N-dealkylation sites (tertiary alicyclic amines) is 1. The zero-order valence-corrected chi connectivity index (χ0v) is 18.1. The molecule has 0 aliphatic carbocycles. The molecule has 1 aliphatic heterocycles. The van der Waals surface area contributed by atoms with Crippen LogP contribution in [0.1, 0.15) is 28.9 Å². The van der Waals surface area contributed by atoms with E-state index in [2.05, 4.69) is 5.10 Å². The quantitative estimate of drug-likeness (QED) is 0.612. The minimum Gasteiger partial charge on any atom is -0.338 e.